The van der Waals surface area contributed by atoms with Crippen LogP contribution >= 0.6 is 0 Å². The molecule has 0 aliphatic carbocycles. The molecule has 0 N–H and O–H groups in total. The Morgan fingerprint density at radius 1 is 1.31 bits per heavy atom. The number of benzene rings is 1. The maximum Gasteiger partial charge on any atom is 0.158 e. The normalized spacial score (nSPS) is 10.4. The quantitative estimate of drug-likeness (QED) is 0.781. The summed E-state index contributed by atoms with van der Waals surface area (Å²) in [6.07, 6.45) is 0.292. The van der Waals surface area contributed by atoms with E-state index < -0.39 is 0 Å². The molecule has 1 aromatic carbocycles. The summed E-state index contributed by atoms with van der Waals surface area (Å²) in [6.45, 7) is 1.54. The van der Waals surface area contributed by atoms with Crippen molar-refractivity contribution in [3.8, 4) is 11.4 Å². The van der Waals surface area contributed by atoms with Crippen molar-refractivity contribution in [1.82, 2.24) is 14.8 Å². The molecule has 0 amide bonds. The molecule has 0 bridgehead atoms. The van der Waals surface area contributed by atoms with Crippen molar-refractivity contribution in [2.75, 3.05) is 0 Å². The van der Waals surface area contributed by atoms with Gasteiger partial charge >= 0.3 is 0 Å². The Kier molecular flexibility index (Phi) is 2.81. The van der Waals surface area contributed by atoms with E-state index in [1.165, 1.54) is 0 Å². The number of aromatic nitrogens is 3. The topological polar surface area (TPSA) is 47.8 Å². The molecule has 0 saturated carbocycles. The third-order valence-corrected chi connectivity index (χ3v) is 2.25. The fraction of sp³-hybridized carbons (Fsp3) is 0.250. The molecule has 0 atom stereocenters. The molecule has 0 aliphatic rings. The zero-order chi connectivity index (χ0) is 11.5. The second-order valence-electron chi connectivity index (χ2n) is 3.72. The third kappa shape index (κ3) is 2.16. The first-order valence-corrected chi connectivity index (χ1v) is 5.11. The van der Waals surface area contributed by atoms with Crippen LogP contribution in [-0.4, -0.2) is 20.5 Å². The average molecular weight is 215 g/mol. The molecule has 2 aromatic rings. The molecule has 1 heterocycles. The lowest BCUT2D eigenvalue weighted by Crippen LogP contribution is -1.99. The predicted molar refractivity (Wildman–Crippen MR) is 60.8 cm³/mol. The zero-order valence-corrected chi connectivity index (χ0v) is 9.34. The molecule has 0 aliphatic heterocycles. The highest BCUT2D eigenvalue weighted by Crippen LogP contribution is 2.15. The molecule has 4 nitrogen and oxygen atoms in total. The van der Waals surface area contributed by atoms with E-state index in [9.17, 15) is 4.79 Å². The van der Waals surface area contributed by atoms with Crippen molar-refractivity contribution >= 4 is 5.78 Å². The summed E-state index contributed by atoms with van der Waals surface area (Å²) in [7, 11) is 1.83. The van der Waals surface area contributed by atoms with Gasteiger partial charge in [0.25, 0.3) is 0 Å². The number of hydrogen-bond donors (Lipinski definition) is 0. The fourth-order valence-corrected chi connectivity index (χ4v) is 1.57. The Bertz CT molecular complexity index is 502. The number of nitrogens with zero attached hydrogens (tertiary/aromatic N) is 3. The van der Waals surface area contributed by atoms with Gasteiger partial charge in [0, 0.05) is 12.6 Å². The first-order valence-electron chi connectivity index (χ1n) is 5.11. The molecular formula is C12H13N3O. The lowest BCUT2D eigenvalue weighted by Gasteiger charge is -1.97. The maximum atomic E-state index is 11.0. The number of ketones is 1. The summed E-state index contributed by atoms with van der Waals surface area (Å²) >= 11 is 0. The highest BCUT2D eigenvalue weighted by atomic mass is 16.1. The van der Waals surface area contributed by atoms with Crippen LogP contribution in [0.25, 0.3) is 11.4 Å². The van der Waals surface area contributed by atoms with Crippen molar-refractivity contribution < 1.29 is 4.79 Å². The van der Waals surface area contributed by atoms with Gasteiger partial charge in [0.15, 0.2) is 11.6 Å². The van der Waals surface area contributed by atoms with Crippen LogP contribution < -0.4 is 0 Å². The van der Waals surface area contributed by atoms with E-state index in [0.717, 1.165) is 11.4 Å². The smallest absolute Gasteiger partial charge is 0.158 e. The van der Waals surface area contributed by atoms with Gasteiger partial charge in [-0.05, 0) is 6.92 Å². The average Bonchev–Trinajstić information content (AvgIpc) is 2.60. The van der Waals surface area contributed by atoms with Crippen LogP contribution in [0.1, 0.15) is 12.7 Å². The van der Waals surface area contributed by atoms with Gasteiger partial charge in [-0.15, -0.1) is 0 Å². The summed E-state index contributed by atoms with van der Waals surface area (Å²) in [6, 6.07) is 9.81. The molecule has 0 spiro atoms. The fourth-order valence-electron chi connectivity index (χ4n) is 1.57. The SMILES string of the molecule is CC(=O)Cc1nc(-c2ccccc2)n(C)n1. The number of Topliss-reactive ketones (excluding diaryl/α,β-unsaturated/α-hetero) is 1. The molecule has 0 saturated heterocycles. The molecule has 4 heteroatoms. The first kappa shape index (κ1) is 10.5. The zero-order valence-electron chi connectivity index (χ0n) is 9.34. The van der Waals surface area contributed by atoms with Crippen LogP contribution in [-0.2, 0) is 18.3 Å². The third-order valence-electron chi connectivity index (χ3n) is 2.25. The molecule has 0 unspecified atom stereocenters. The van der Waals surface area contributed by atoms with E-state index in [-0.39, 0.29) is 5.78 Å². The van der Waals surface area contributed by atoms with Crippen molar-refractivity contribution in [2.45, 2.75) is 13.3 Å². The van der Waals surface area contributed by atoms with E-state index in [2.05, 4.69) is 10.1 Å². The first-order chi connectivity index (χ1) is 7.66. The lowest BCUT2D eigenvalue weighted by atomic mass is 10.2. The summed E-state index contributed by atoms with van der Waals surface area (Å²) < 4.78 is 1.70. The van der Waals surface area contributed by atoms with Crippen LogP contribution in [0.2, 0.25) is 0 Å². The highest BCUT2D eigenvalue weighted by Gasteiger charge is 2.09. The van der Waals surface area contributed by atoms with E-state index in [4.69, 9.17) is 0 Å². The van der Waals surface area contributed by atoms with Crippen LogP contribution in [0, 0.1) is 0 Å². The van der Waals surface area contributed by atoms with Gasteiger partial charge in [-0.2, -0.15) is 5.10 Å². The Morgan fingerprint density at radius 3 is 2.62 bits per heavy atom. The van der Waals surface area contributed by atoms with E-state index in [0.29, 0.717) is 12.2 Å². The Hall–Kier alpha value is -1.97. The van der Waals surface area contributed by atoms with Gasteiger partial charge in [0.1, 0.15) is 5.78 Å². The molecule has 0 fully saturated rings. The van der Waals surface area contributed by atoms with E-state index in [1.807, 2.05) is 37.4 Å². The van der Waals surface area contributed by atoms with E-state index >= 15 is 0 Å². The predicted octanol–water partition coefficient (Wildman–Crippen LogP) is 1.61. The standard InChI is InChI=1S/C12H13N3O/c1-9(16)8-11-13-12(15(2)14-11)10-6-4-3-5-7-10/h3-7H,8H2,1-2H3. The van der Waals surface area contributed by atoms with Crippen molar-refractivity contribution in [1.29, 1.82) is 0 Å². The van der Waals surface area contributed by atoms with Gasteiger partial charge in [-0.25, -0.2) is 9.67 Å². The van der Waals surface area contributed by atoms with Gasteiger partial charge in [0.2, 0.25) is 0 Å². The van der Waals surface area contributed by atoms with Crippen LogP contribution in [0.5, 0.6) is 0 Å². The summed E-state index contributed by atoms with van der Waals surface area (Å²) in [5.74, 6) is 1.44. The number of rotatable bonds is 3. The van der Waals surface area contributed by atoms with Crippen molar-refractivity contribution in [2.24, 2.45) is 7.05 Å². The lowest BCUT2D eigenvalue weighted by molar-refractivity contribution is -0.116. The summed E-state index contributed by atoms with van der Waals surface area (Å²) in [4.78, 5) is 15.3. The van der Waals surface area contributed by atoms with Gasteiger partial charge < -0.3 is 0 Å². The van der Waals surface area contributed by atoms with Crippen LogP contribution in [0.4, 0.5) is 0 Å². The largest absolute Gasteiger partial charge is 0.300 e. The molecule has 82 valence electrons. The Balaban J connectivity index is 2.36. The summed E-state index contributed by atoms with van der Waals surface area (Å²) in [5, 5.41) is 4.21. The van der Waals surface area contributed by atoms with E-state index in [1.54, 1.807) is 11.6 Å². The van der Waals surface area contributed by atoms with Crippen molar-refractivity contribution in [3.05, 3.63) is 36.2 Å². The summed E-state index contributed by atoms with van der Waals surface area (Å²) in [5.41, 5.74) is 1.01. The van der Waals surface area contributed by atoms with Crippen LogP contribution in [0.3, 0.4) is 0 Å². The monoisotopic (exact) mass is 215 g/mol. The highest BCUT2D eigenvalue weighted by molar-refractivity contribution is 5.77. The molecule has 2 rings (SSSR count). The van der Waals surface area contributed by atoms with Crippen LogP contribution in [0.15, 0.2) is 30.3 Å². The second kappa shape index (κ2) is 4.26. The molecule has 0 radical (unpaired) electrons. The maximum absolute atomic E-state index is 11.0. The molecule has 1 aromatic heterocycles. The Morgan fingerprint density at radius 2 is 2.00 bits per heavy atom. The second-order valence-corrected chi connectivity index (χ2v) is 3.72. The van der Waals surface area contributed by atoms with Gasteiger partial charge in [-0.3, -0.25) is 4.79 Å². The number of hydrogen-bond acceptors (Lipinski definition) is 3. The molecular weight excluding hydrogens is 202 g/mol. The van der Waals surface area contributed by atoms with Crippen molar-refractivity contribution in [3.63, 3.8) is 0 Å². The number of aryl methyl sites for hydroxylation is 1. The number of carbonyl (C=O) groups is 1. The minimum absolute atomic E-state index is 0.0743. The minimum Gasteiger partial charge on any atom is -0.300 e. The molecule has 16 heavy (non-hydrogen) atoms. The number of carbonyl (C=O) groups excluding carboxylic acids is 1. The van der Waals surface area contributed by atoms with Gasteiger partial charge in [-0.1, -0.05) is 30.3 Å². The minimum atomic E-state index is 0.0743. The Labute approximate surface area is 93.9 Å². The van der Waals surface area contributed by atoms with Gasteiger partial charge in [0.05, 0.1) is 6.42 Å².